The summed E-state index contributed by atoms with van der Waals surface area (Å²) in [6.07, 6.45) is -4.27. The van der Waals surface area contributed by atoms with Crippen molar-refractivity contribution in [3.8, 4) is 5.75 Å². The van der Waals surface area contributed by atoms with Crippen molar-refractivity contribution in [2.45, 2.75) is 58.6 Å². The maximum Gasteiger partial charge on any atom is 0.416 e. The number of alkyl halides is 3. The maximum absolute atomic E-state index is 13.2. The first-order valence-corrected chi connectivity index (χ1v) is 11.4. The Balaban J connectivity index is 1.59. The van der Waals surface area contributed by atoms with Gasteiger partial charge in [-0.1, -0.05) is 24.3 Å². The van der Waals surface area contributed by atoms with Gasteiger partial charge in [0.1, 0.15) is 18.0 Å². The van der Waals surface area contributed by atoms with Crippen LogP contribution in [0, 0.1) is 6.92 Å². The van der Waals surface area contributed by atoms with Crippen LogP contribution in [0.15, 0.2) is 42.5 Å². The minimum atomic E-state index is -4.42. The average Bonchev–Trinajstić information content (AvgIpc) is 2.75. The summed E-state index contributed by atoms with van der Waals surface area (Å²) in [6.45, 7) is 9.74. The van der Waals surface area contributed by atoms with Crippen molar-refractivity contribution in [2.75, 3.05) is 26.2 Å². The van der Waals surface area contributed by atoms with E-state index >= 15 is 0 Å². The summed E-state index contributed by atoms with van der Waals surface area (Å²) in [4.78, 5) is 14.2. The van der Waals surface area contributed by atoms with Gasteiger partial charge in [0.2, 0.25) is 0 Å². The summed E-state index contributed by atoms with van der Waals surface area (Å²) in [5, 5.41) is 0. The van der Waals surface area contributed by atoms with E-state index in [0.29, 0.717) is 31.9 Å². The van der Waals surface area contributed by atoms with Gasteiger partial charge in [0.25, 0.3) is 0 Å². The fourth-order valence-corrected chi connectivity index (χ4v) is 3.86. The molecule has 1 unspecified atom stereocenters. The molecule has 8 heteroatoms. The number of benzene rings is 2. The third kappa shape index (κ3) is 7.46. The molecular formula is C26H32F3NO4. The van der Waals surface area contributed by atoms with Crippen molar-refractivity contribution in [1.82, 2.24) is 4.90 Å². The smallest absolute Gasteiger partial charge is 0.416 e. The van der Waals surface area contributed by atoms with Crippen LogP contribution in [-0.2, 0) is 27.1 Å². The van der Waals surface area contributed by atoms with Crippen LogP contribution in [0.25, 0.3) is 0 Å². The van der Waals surface area contributed by atoms with E-state index in [2.05, 4.69) is 4.90 Å². The topological polar surface area (TPSA) is 48.0 Å². The van der Waals surface area contributed by atoms with E-state index in [4.69, 9.17) is 14.2 Å². The van der Waals surface area contributed by atoms with Crippen LogP contribution >= 0.6 is 0 Å². The number of esters is 1. The van der Waals surface area contributed by atoms with Gasteiger partial charge in [-0.2, -0.15) is 13.2 Å². The van der Waals surface area contributed by atoms with Gasteiger partial charge in [-0.05, 0) is 57.0 Å². The summed E-state index contributed by atoms with van der Waals surface area (Å²) in [6, 6.07) is 11.0. The summed E-state index contributed by atoms with van der Waals surface area (Å²) in [5.41, 5.74) is 0.681. The number of hydrogen-bond donors (Lipinski definition) is 0. The van der Waals surface area contributed by atoms with E-state index in [1.54, 1.807) is 12.1 Å². The van der Waals surface area contributed by atoms with Gasteiger partial charge >= 0.3 is 12.1 Å². The SMILES string of the molecule is Cc1cc(C2CN(CCC(=O)OC(C)(C)C)CCO2)ccc1OCc1ccccc1C(F)(F)F. The monoisotopic (exact) mass is 479 g/mol. The van der Waals surface area contributed by atoms with Crippen molar-refractivity contribution in [2.24, 2.45) is 0 Å². The number of carbonyl (C=O) groups excluding carboxylic acids is 1. The van der Waals surface area contributed by atoms with E-state index in [-0.39, 0.29) is 24.2 Å². The lowest BCUT2D eigenvalue weighted by molar-refractivity contribution is -0.155. The number of halogens is 3. The predicted molar refractivity (Wildman–Crippen MR) is 123 cm³/mol. The molecule has 2 aromatic carbocycles. The number of aryl methyl sites for hydroxylation is 1. The van der Waals surface area contributed by atoms with Gasteiger partial charge in [-0.25, -0.2) is 0 Å². The van der Waals surface area contributed by atoms with Crippen molar-refractivity contribution in [3.63, 3.8) is 0 Å². The molecule has 34 heavy (non-hydrogen) atoms. The molecule has 0 bridgehead atoms. The minimum Gasteiger partial charge on any atom is -0.489 e. The van der Waals surface area contributed by atoms with E-state index in [9.17, 15) is 18.0 Å². The molecule has 0 saturated carbocycles. The summed E-state index contributed by atoms with van der Waals surface area (Å²) in [7, 11) is 0. The standard InChI is InChI=1S/C26H32F3NO4/c1-18-15-19(23-16-30(13-14-32-23)12-11-24(31)34-25(2,3)4)9-10-22(18)33-17-20-7-5-6-8-21(20)26(27,28)29/h5-10,15,23H,11-14,16-17H2,1-4H3. The number of nitrogens with zero attached hydrogens (tertiary/aromatic N) is 1. The Bertz CT molecular complexity index is 985. The highest BCUT2D eigenvalue weighted by molar-refractivity contribution is 5.70. The molecule has 1 aliphatic rings. The average molecular weight is 480 g/mol. The Morgan fingerprint density at radius 3 is 2.56 bits per heavy atom. The Morgan fingerprint density at radius 1 is 1.15 bits per heavy atom. The summed E-state index contributed by atoms with van der Waals surface area (Å²) in [5.74, 6) is 0.304. The van der Waals surface area contributed by atoms with Gasteiger partial charge in [0.15, 0.2) is 0 Å². The molecule has 0 aromatic heterocycles. The summed E-state index contributed by atoms with van der Waals surface area (Å²) >= 11 is 0. The van der Waals surface area contributed by atoms with Crippen LogP contribution in [0.2, 0.25) is 0 Å². The van der Waals surface area contributed by atoms with Gasteiger partial charge in [0.05, 0.1) is 24.7 Å². The molecule has 186 valence electrons. The van der Waals surface area contributed by atoms with Crippen molar-refractivity contribution in [1.29, 1.82) is 0 Å². The summed E-state index contributed by atoms with van der Waals surface area (Å²) < 4.78 is 56.7. The lowest BCUT2D eigenvalue weighted by Gasteiger charge is -2.33. The fraction of sp³-hybridized carbons (Fsp3) is 0.500. The number of rotatable bonds is 7. The Morgan fingerprint density at radius 2 is 1.88 bits per heavy atom. The molecular weight excluding hydrogens is 447 g/mol. The number of ether oxygens (including phenoxy) is 3. The zero-order valence-electron chi connectivity index (χ0n) is 20.1. The molecule has 5 nitrogen and oxygen atoms in total. The molecule has 1 fully saturated rings. The molecule has 2 aromatic rings. The highest BCUT2D eigenvalue weighted by Gasteiger charge is 2.33. The predicted octanol–water partition coefficient (Wildman–Crippen LogP) is 5.70. The van der Waals surface area contributed by atoms with Crippen LogP contribution in [0.5, 0.6) is 5.75 Å². The van der Waals surface area contributed by atoms with Gasteiger partial charge in [-0.15, -0.1) is 0 Å². The number of carbonyl (C=O) groups is 1. The van der Waals surface area contributed by atoms with Crippen molar-refractivity contribution < 1.29 is 32.2 Å². The minimum absolute atomic E-state index is 0.0923. The van der Waals surface area contributed by atoms with Crippen molar-refractivity contribution in [3.05, 3.63) is 64.7 Å². The number of hydrogen-bond acceptors (Lipinski definition) is 5. The highest BCUT2D eigenvalue weighted by Crippen LogP contribution is 2.33. The van der Waals surface area contributed by atoms with Crippen LogP contribution in [-0.4, -0.2) is 42.7 Å². The maximum atomic E-state index is 13.2. The van der Waals surface area contributed by atoms with E-state index in [0.717, 1.165) is 23.7 Å². The lowest BCUT2D eigenvalue weighted by Crippen LogP contribution is -2.40. The number of morpholine rings is 1. The molecule has 1 heterocycles. The molecule has 1 saturated heterocycles. The van der Waals surface area contributed by atoms with E-state index < -0.39 is 17.3 Å². The van der Waals surface area contributed by atoms with Crippen LogP contribution in [0.3, 0.4) is 0 Å². The fourth-order valence-electron chi connectivity index (χ4n) is 3.86. The second-order valence-corrected chi connectivity index (χ2v) is 9.46. The first kappa shape index (κ1) is 26.0. The molecule has 0 amide bonds. The van der Waals surface area contributed by atoms with Gasteiger partial charge < -0.3 is 14.2 Å². The Labute approximate surface area is 198 Å². The largest absolute Gasteiger partial charge is 0.489 e. The zero-order chi connectivity index (χ0) is 24.9. The van der Waals surface area contributed by atoms with E-state index in [1.807, 2.05) is 39.8 Å². The molecule has 0 N–H and O–H groups in total. The molecule has 0 aliphatic carbocycles. The zero-order valence-corrected chi connectivity index (χ0v) is 20.1. The van der Waals surface area contributed by atoms with Gasteiger partial charge in [0, 0.05) is 25.2 Å². The molecule has 1 atom stereocenters. The normalized spacial score (nSPS) is 17.4. The lowest BCUT2D eigenvalue weighted by atomic mass is 10.0. The van der Waals surface area contributed by atoms with Crippen molar-refractivity contribution >= 4 is 5.97 Å². The third-order valence-corrected chi connectivity index (χ3v) is 5.48. The third-order valence-electron chi connectivity index (χ3n) is 5.48. The Hall–Kier alpha value is -2.58. The molecule has 0 spiro atoms. The van der Waals surface area contributed by atoms with E-state index in [1.165, 1.54) is 12.1 Å². The molecule has 1 aliphatic heterocycles. The Kier molecular flexibility index (Phi) is 8.25. The highest BCUT2D eigenvalue weighted by atomic mass is 19.4. The molecule has 0 radical (unpaired) electrons. The first-order valence-electron chi connectivity index (χ1n) is 11.4. The van der Waals surface area contributed by atoms with Crippen LogP contribution in [0.4, 0.5) is 13.2 Å². The van der Waals surface area contributed by atoms with Gasteiger partial charge in [-0.3, -0.25) is 9.69 Å². The molecule has 3 rings (SSSR count). The van der Waals surface area contributed by atoms with Crippen LogP contribution < -0.4 is 4.74 Å². The first-order chi connectivity index (χ1) is 15.9. The quantitative estimate of drug-likeness (QED) is 0.477. The second kappa shape index (κ2) is 10.8. The van der Waals surface area contributed by atoms with Crippen LogP contribution in [0.1, 0.15) is 55.5 Å². The second-order valence-electron chi connectivity index (χ2n) is 9.46.